The fraction of sp³-hybridized carbons (Fsp3) is 0.333. The Hall–Kier alpha value is -1.16. The number of hydrogen-bond acceptors (Lipinski definition) is 3. The Bertz CT molecular complexity index is 241. The summed E-state index contributed by atoms with van der Waals surface area (Å²) in [6.45, 7) is 5.65. The molecule has 0 aromatic heterocycles. The highest BCUT2D eigenvalue weighted by Gasteiger charge is 2.03. The Morgan fingerprint density at radius 2 is 1.85 bits per heavy atom. The van der Waals surface area contributed by atoms with Gasteiger partial charge in [-0.25, -0.2) is 0 Å². The minimum absolute atomic E-state index is 0.570. The Labute approximate surface area is 80.1 Å². The third-order valence-corrected chi connectivity index (χ3v) is 1.33. The molecule has 0 bridgehead atoms. The third-order valence-electron chi connectivity index (χ3n) is 1.33. The van der Waals surface area contributed by atoms with Gasteiger partial charge in [-0.3, -0.25) is 0 Å². The number of nitrogen functional groups attached to an aromatic ring is 1. The van der Waals surface area contributed by atoms with Crippen molar-refractivity contribution in [3.8, 4) is 0 Å². The van der Waals surface area contributed by atoms with Crippen molar-refractivity contribution >= 4 is 18.4 Å². The highest BCUT2D eigenvalue weighted by molar-refractivity contribution is 6.53. The van der Waals surface area contributed by atoms with Gasteiger partial charge in [-0.1, -0.05) is 26.0 Å². The monoisotopic (exact) mass is 180 g/mol. The van der Waals surface area contributed by atoms with Crippen LogP contribution >= 0.6 is 0 Å². The van der Waals surface area contributed by atoms with Crippen LogP contribution in [0.4, 0.5) is 11.4 Å². The quantitative estimate of drug-likeness (QED) is 0.480. The first-order valence-corrected chi connectivity index (χ1v) is 4.49. The molecule has 0 saturated heterocycles. The average Bonchev–Trinajstić information content (AvgIpc) is 2.12. The van der Waals surface area contributed by atoms with E-state index in [2.05, 4.69) is 5.23 Å². The molecule has 0 heterocycles. The molecule has 4 heteroatoms. The SMILES string of the molecule is CB(O)Nc1ccccc1N.CC. The largest absolute Gasteiger partial charge is 0.433 e. The van der Waals surface area contributed by atoms with Crippen LogP contribution < -0.4 is 11.0 Å². The van der Waals surface area contributed by atoms with E-state index in [1.165, 1.54) is 0 Å². The average molecular weight is 180 g/mol. The van der Waals surface area contributed by atoms with Crippen molar-refractivity contribution in [3.63, 3.8) is 0 Å². The molecule has 4 N–H and O–H groups in total. The first-order chi connectivity index (χ1) is 6.20. The molecule has 0 aliphatic heterocycles. The van der Waals surface area contributed by atoms with E-state index in [0.717, 1.165) is 5.69 Å². The summed E-state index contributed by atoms with van der Waals surface area (Å²) in [6.07, 6.45) is 0. The van der Waals surface area contributed by atoms with Crippen molar-refractivity contribution in [2.45, 2.75) is 20.7 Å². The second-order valence-electron chi connectivity index (χ2n) is 2.41. The predicted molar refractivity (Wildman–Crippen MR) is 59.7 cm³/mol. The van der Waals surface area contributed by atoms with E-state index in [4.69, 9.17) is 10.8 Å². The van der Waals surface area contributed by atoms with E-state index in [9.17, 15) is 0 Å². The lowest BCUT2D eigenvalue weighted by atomic mass is 9.88. The topological polar surface area (TPSA) is 58.3 Å². The summed E-state index contributed by atoms with van der Waals surface area (Å²) in [6, 6.07) is 7.32. The van der Waals surface area contributed by atoms with Gasteiger partial charge in [0.1, 0.15) is 0 Å². The predicted octanol–water partition coefficient (Wildman–Crippen LogP) is 1.82. The summed E-state index contributed by atoms with van der Waals surface area (Å²) in [4.78, 5) is 0. The fourth-order valence-electron chi connectivity index (χ4n) is 0.853. The summed E-state index contributed by atoms with van der Waals surface area (Å²) < 4.78 is 0. The third kappa shape index (κ3) is 4.43. The van der Waals surface area contributed by atoms with Crippen molar-refractivity contribution in [3.05, 3.63) is 24.3 Å². The van der Waals surface area contributed by atoms with Gasteiger partial charge in [0.15, 0.2) is 0 Å². The fourth-order valence-corrected chi connectivity index (χ4v) is 0.853. The van der Waals surface area contributed by atoms with Crippen LogP contribution in [0.25, 0.3) is 0 Å². The molecule has 13 heavy (non-hydrogen) atoms. The van der Waals surface area contributed by atoms with Gasteiger partial charge in [0, 0.05) is 5.69 Å². The van der Waals surface area contributed by atoms with E-state index in [1.807, 2.05) is 32.0 Å². The Kier molecular flexibility index (Phi) is 5.80. The van der Waals surface area contributed by atoms with Crippen LogP contribution in [0.15, 0.2) is 24.3 Å². The van der Waals surface area contributed by atoms with Gasteiger partial charge in [0.05, 0.1) is 5.69 Å². The van der Waals surface area contributed by atoms with Crippen molar-refractivity contribution in [1.29, 1.82) is 0 Å². The summed E-state index contributed by atoms with van der Waals surface area (Å²) in [5, 5.41) is 11.8. The molecule has 0 spiro atoms. The van der Waals surface area contributed by atoms with Crippen LogP contribution in [-0.4, -0.2) is 12.1 Å². The van der Waals surface area contributed by atoms with E-state index in [1.54, 1.807) is 12.9 Å². The number of hydrogen-bond donors (Lipinski definition) is 3. The molecule has 0 unspecified atom stereocenters. The molecule has 0 atom stereocenters. The zero-order chi connectivity index (χ0) is 10.3. The maximum atomic E-state index is 8.96. The second-order valence-corrected chi connectivity index (χ2v) is 2.41. The maximum absolute atomic E-state index is 8.96. The molecular weight excluding hydrogens is 163 g/mol. The molecule has 1 aromatic rings. The zero-order valence-electron chi connectivity index (χ0n) is 8.41. The molecule has 0 fully saturated rings. The number of anilines is 2. The van der Waals surface area contributed by atoms with E-state index in [-0.39, 0.29) is 0 Å². The first-order valence-electron chi connectivity index (χ1n) is 4.49. The van der Waals surface area contributed by atoms with Crippen molar-refractivity contribution in [1.82, 2.24) is 0 Å². The molecule has 0 amide bonds. The number of rotatable bonds is 2. The number of para-hydroxylation sites is 2. The molecular formula is C9H17BN2O. The Morgan fingerprint density at radius 1 is 1.31 bits per heavy atom. The van der Waals surface area contributed by atoms with Crippen molar-refractivity contribution in [2.75, 3.05) is 11.0 Å². The zero-order valence-corrected chi connectivity index (χ0v) is 8.41. The lowest BCUT2D eigenvalue weighted by Gasteiger charge is -2.07. The molecule has 3 nitrogen and oxygen atoms in total. The first kappa shape index (κ1) is 11.8. The van der Waals surface area contributed by atoms with Crippen LogP contribution in [0.3, 0.4) is 0 Å². The van der Waals surface area contributed by atoms with Gasteiger partial charge >= 0.3 is 7.05 Å². The van der Waals surface area contributed by atoms with E-state index in [0.29, 0.717) is 5.69 Å². The molecule has 1 rings (SSSR count). The molecule has 0 saturated carbocycles. The van der Waals surface area contributed by atoms with Gasteiger partial charge in [0.2, 0.25) is 0 Å². The van der Waals surface area contributed by atoms with Crippen LogP contribution in [0.1, 0.15) is 13.8 Å². The minimum atomic E-state index is -0.570. The van der Waals surface area contributed by atoms with Crippen LogP contribution in [0.2, 0.25) is 6.82 Å². The molecule has 72 valence electrons. The lowest BCUT2D eigenvalue weighted by Crippen LogP contribution is -2.20. The standard InChI is InChI=1S/C7H11BN2O.C2H6/c1-8(11)10-7-5-3-2-4-6(7)9;1-2/h2-5,10-11H,9H2,1H3;1-2H3. The van der Waals surface area contributed by atoms with Gasteiger partial charge in [-0.15, -0.1) is 0 Å². The summed E-state index contributed by atoms with van der Waals surface area (Å²) >= 11 is 0. The minimum Gasteiger partial charge on any atom is -0.433 e. The Balaban J connectivity index is 0.000000671. The smallest absolute Gasteiger partial charge is 0.406 e. The summed E-state index contributed by atoms with van der Waals surface area (Å²) in [5.74, 6) is 0. The van der Waals surface area contributed by atoms with E-state index >= 15 is 0 Å². The highest BCUT2D eigenvalue weighted by atomic mass is 16.2. The van der Waals surface area contributed by atoms with Gasteiger partial charge in [-0.05, 0) is 19.0 Å². The Morgan fingerprint density at radius 3 is 2.31 bits per heavy atom. The van der Waals surface area contributed by atoms with Crippen LogP contribution in [0.5, 0.6) is 0 Å². The van der Waals surface area contributed by atoms with Crippen LogP contribution in [-0.2, 0) is 0 Å². The highest BCUT2D eigenvalue weighted by Crippen LogP contribution is 2.16. The number of nitrogens with two attached hydrogens (primary N) is 1. The lowest BCUT2D eigenvalue weighted by molar-refractivity contribution is 0.587. The van der Waals surface area contributed by atoms with E-state index < -0.39 is 7.05 Å². The molecule has 0 aliphatic rings. The second kappa shape index (κ2) is 6.37. The summed E-state index contributed by atoms with van der Waals surface area (Å²) in [5.41, 5.74) is 7.01. The summed E-state index contributed by atoms with van der Waals surface area (Å²) in [7, 11) is -0.570. The van der Waals surface area contributed by atoms with Gasteiger partial charge in [0.25, 0.3) is 0 Å². The number of benzene rings is 1. The van der Waals surface area contributed by atoms with Gasteiger partial charge < -0.3 is 16.0 Å². The molecule has 0 radical (unpaired) electrons. The van der Waals surface area contributed by atoms with Crippen molar-refractivity contribution in [2.24, 2.45) is 0 Å². The van der Waals surface area contributed by atoms with Gasteiger partial charge in [-0.2, -0.15) is 0 Å². The number of nitrogens with one attached hydrogen (secondary N) is 1. The molecule has 1 aromatic carbocycles. The molecule has 0 aliphatic carbocycles. The van der Waals surface area contributed by atoms with Crippen LogP contribution in [0, 0.1) is 0 Å². The maximum Gasteiger partial charge on any atom is 0.406 e. The van der Waals surface area contributed by atoms with Crippen molar-refractivity contribution < 1.29 is 5.02 Å². The normalized spacial score (nSPS) is 8.31.